The minimum Gasteiger partial charge on any atom is -0.294 e. The van der Waals surface area contributed by atoms with Crippen LogP contribution in [-0.2, 0) is 4.79 Å². The van der Waals surface area contributed by atoms with E-state index in [4.69, 9.17) is 11.6 Å². The van der Waals surface area contributed by atoms with E-state index < -0.39 is 0 Å². The van der Waals surface area contributed by atoms with Crippen LogP contribution >= 0.6 is 11.6 Å². The number of halogens is 1. The molecule has 3 saturated carbocycles. The number of hydrogen-bond acceptors (Lipinski definition) is 1. The Morgan fingerprint density at radius 1 is 1.26 bits per heavy atom. The number of benzene rings is 1. The van der Waals surface area contributed by atoms with E-state index in [1.54, 1.807) is 0 Å². The van der Waals surface area contributed by atoms with Gasteiger partial charge >= 0.3 is 0 Å². The van der Waals surface area contributed by atoms with E-state index in [-0.39, 0.29) is 11.3 Å². The fourth-order valence-corrected chi connectivity index (χ4v) is 3.99. The summed E-state index contributed by atoms with van der Waals surface area (Å²) in [5, 5.41) is 0.731. The average Bonchev–Trinajstić information content (AvgIpc) is 2.36. The van der Waals surface area contributed by atoms with Crippen molar-refractivity contribution >= 4 is 23.5 Å². The Morgan fingerprint density at radius 2 is 1.89 bits per heavy atom. The Balaban J connectivity index is 1.99. The molecule has 3 aliphatic rings. The zero-order chi connectivity index (χ0) is 13.8. The van der Waals surface area contributed by atoms with Crippen molar-refractivity contribution in [3.8, 4) is 0 Å². The van der Waals surface area contributed by atoms with E-state index in [1.807, 2.05) is 24.3 Å². The number of rotatable bonds is 1. The molecule has 3 aliphatic carbocycles. The molecule has 0 aromatic heterocycles. The van der Waals surface area contributed by atoms with Crippen LogP contribution in [-0.4, -0.2) is 5.78 Å². The van der Waals surface area contributed by atoms with Gasteiger partial charge in [-0.2, -0.15) is 0 Å². The third-order valence-electron chi connectivity index (χ3n) is 5.21. The zero-order valence-corrected chi connectivity index (χ0v) is 12.4. The predicted octanol–water partition coefficient (Wildman–Crippen LogP) is 4.60. The summed E-state index contributed by atoms with van der Waals surface area (Å²) in [4.78, 5) is 12.4. The van der Waals surface area contributed by atoms with Crippen LogP contribution in [0, 0.1) is 23.2 Å². The quantitative estimate of drug-likeness (QED) is 0.684. The van der Waals surface area contributed by atoms with Crippen LogP contribution < -0.4 is 0 Å². The second-order valence-electron chi connectivity index (χ2n) is 6.52. The molecule has 100 valence electrons. The summed E-state index contributed by atoms with van der Waals surface area (Å²) in [6.07, 6.45) is 3.23. The SMILES string of the molecule is CC1C(=O)C(=Cc2ccc(Cl)cc2)C2CC1C2(C)C. The lowest BCUT2D eigenvalue weighted by molar-refractivity contribution is -0.139. The van der Waals surface area contributed by atoms with Gasteiger partial charge in [0.15, 0.2) is 5.78 Å². The highest BCUT2D eigenvalue weighted by atomic mass is 35.5. The molecule has 1 aromatic rings. The number of carbonyl (C=O) groups excluding carboxylic acids is 1. The molecule has 0 aliphatic heterocycles. The van der Waals surface area contributed by atoms with Gasteiger partial charge in [0, 0.05) is 10.9 Å². The molecule has 19 heavy (non-hydrogen) atoms. The molecular formula is C17H19ClO. The summed E-state index contributed by atoms with van der Waals surface area (Å²) in [5.41, 5.74) is 2.36. The lowest BCUT2D eigenvalue weighted by atomic mass is 9.44. The first-order chi connectivity index (χ1) is 8.91. The topological polar surface area (TPSA) is 17.1 Å². The van der Waals surface area contributed by atoms with Crippen molar-refractivity contribution in [2.45, 2.75) is 27.2 Å². The molecule has 2 heteroatoms. The Labute approximate surface area is 119 Å². The maximum atomic E-state index is 12.4. The monoisotopic (exact) mass is 274 g/mol. The number of carbonyl (C=O) groups is 1. The number of fused-ring (bicyclic) bond motifs is 2. The number of ketones is 1. The van der Waals surface area contributed by atoms with Crippen LogP contribution in [0.15, 0.2) is 29.8 Å². The summed E-state index contributed by atoms with van der Waals surface area (Å²) in [6.45, 7) is 6.68. The third kappa shape index (κ3) is 1.87. The highest BCUT2D eigenvalue weighted by molar-refractivity contribution is 6.30. The summed E-state index contributed by atoms with van der Waals surface area (Å²) in [5.74, 6) is 1.50. The van der Waals surface area contributed by atoms with Gasteiger partial charge < -0.3 is 0 Å². The van der Waals surface area contributed by atoms with Crippen molar-refractivity contribution in [2.75, 3.05) is 0 Å². The second kappa shape index (κ2) is 4.21. The number of allylic oxidation sites excluding steroid dienone is 1. The first kappa shape index (κ1) is 12.9. The molecule has 0 N–H and O–H groups in total. The van der Waals surface area contributed by atoms with Crippen molar-refractivity contribution < 1.29 is 4.79 Å². The Bertz CT molecular complexity index is 553. The van der Waals surface area contributed by atoms with E-state index in [0.29, 0.717) is 17.6 Å². The van der Waals surface area contributed by atoms with Gasteiger partial charge in [-0.3, -0.25) is 4.79 Å². The van der Waals surface area contributed by atoms with E-state index in [1.165, 1.54) is 6.42 Å². The van der Waals surface area contributed by atoms with Crippen molar-refractivity contribution in [2.24, 2.45) is 23.2 Å². The molecule has 2 bridgehead atoms. The Hall–Kier alpha value is -1.08. The highest BCUT2D eigenvalue weighted by Crippen LogP contribution is 2.62. The molecule has 1 aromatic carbocycles. The van der Waals surface area contributed by atoms with Gasteiger partial charge in [0.25, 0.3) is 0 Å². The van der Waals surface area contributed by atoms with E-state index in [9.17, 15) is 4.79 Å². The van der Waals surface area contributed by atoms with Crippen LogP contribution in [0.25, 0.3) is 6.08 Å². The molecule has 0 amide bonds. The minimum absolute atomic E-state index is 0.165. The fourth-order valence-electron chi connectivity index (χ4n) is 3.86. The molecule has 0 spiro atoms. The standard InChI is InChI=1S/C17H19ClO/c1-10-14-9-15(17(14,2)3)13(16(10)19)8-11-4-6-12(18)7-5-11/h4-8,10,14-15H,9H2,1-3H3. The van der Waals surface area contributed by atoms with Crippen LogP contribution in [0.2, 0.25) is 5.02 Å². The second-order valence-corrected chi connectivity index (χ2v) is 6.96. The van der Waals surface area contributed by atoms with Crippen molar-refractivity contribution in [3.63, 3.8) is 0 Å². The third-order valence-corrected chi connectivity index (χ3v) is 5.46. The molecular weight excluding hydrogens is 256 g/mol. The molecule has 3 fully saturated rings. The molecule has 1 nitrogen and oxygen atoms in total. The maximum absolute atomic E-state index is 12.4. The molecule has 0 saturated heterocycles. The van der Waals surface area contributed by atoms with Gasteiger partial charge in [0.2, 0.25) is 0 Å². The summed E-state index contributed by atoms with van der Waals surface area (Å²) in [6, 6.07) is 7.70. The molecule has 0 radical (unpaired) electrons. The predicted molar refractivity (Wildman–Crippen MR) is 79.0 cm³/mol. The first-order valence-corrected chi connectivity index (χ1v) is 7.30. The summed E-state index contributed by atoms with van der Waals surface area (Å²) in [7, 11) is 0. The Kier molecular flexibility index (Phi) is 2.86. The van der Waals surface area contributed by atoms with E-state index in [0.717, 1.165) is 16.2 Å². The lowest BCUT2D eigenvalue weighted by Gasteiger charge is -2.59. The van der Waals surface area contributed by atoms with Crippen LogP contribution in [0.5, 0.6) is 0 Å². The van der Waals surface area contributed by atoms with Crippen LogP contribution in [0.3, 0.4) is 0 Å². The van der Waals surface area contributed by atoms with E-state index in [2.05, 4.69) is 26.8 Å². The van der Waals surface area contributed by atoms with Crippen LogP contribution in [0.1, 0.15) is 32.8 Å². The van der Waals surface area contributed by atoms with Gasteiger partial charge in [-0.1, -0.05) is 44.5 Å². The largest absolute Gasteiger partial charge is 0.294 e. The van der Waals surface area contributed by atoms with Crippen molar-refractivity contribution in [1.82, 2.24) is 0 Å². The summed E-state index contributed by atoms with van der Waals surface area (Å²) < 4.78 is 0. The van der Waals surface area contributed by atoms with Crippen LogP contribution in [0.4, 0.5) is 0 Å². The summed E-state index contributed by atoms with van der Waals surface area (Å²) >= 11 is 5.90. The van der Waals surface area contributed by atoms with Gasteiger partial charge in [-0.05, 0) is 53.0 Å². The molecule has 3 unspecified atom stereocenters. The number of hydrogen-bond donors (Lipinski definition) is 0. The number of Topliss-reactive ketones (excluding diaryl/α,β-unsaturated/α-hetero) is 1. The van der Waals surface area contributed by atoms with Gasteiger partial charge in [-0.25, -0.2) is 0 Å². The van der Waals surface area contributed by atoms with E-state index >= 15 is 0 Å². The smallest absolute Gasteiger partial charge is 0.162 e. The molecule has 3 atom stereocenters. The van der Waals surface area contributed by atoms with Crippen molar-refractivity contribution in [1.29, 1.82) is 0 Å². The Morgan fingerprint density at radius 3 is 2.47 bits per heavy atom. The maximum Gasteiger partial charge on any atom is 0.162 e. The zero-order valence-electron chi connectivity index (χ0n) is 11.6. The molecule has 4 rings (SSSR count). The first-order valence-electron chi connectivity index (χ1n) is 6.92. The van der Waals surface area contributed by atoms with Gasteiger partial charge in [0.1, 0.15) is 0 Å². The van der Waals surface area contributed by atoms with Gasteiger partial charge in [-0.15, -0.1) is 0 Å². The normalized spacial score (nSPS) is 34.2. The lowest BCUT2D eigenvalue weighted by Crippen LogP contribution is -2.56. The highest BCUT2D eigenvalue weighted by Gasteiger charge is 2.58. The fraction of sp³-hybridized carbons (Fsp3) is 0.471. The average molecular weight is 275 g/mol. The van der Waals surface area contributed by atoms with Gasteiger partial charge in [0.05, 0.1) is 0 Å². The van der Waals surface area contributed by atoms with Crippen molar-refractivity contribution in [3.05, 3.63) is 40.4 Å². The molecule has 0 heterocycles. The minimum atomic E-state index is 0.165.